The molecule has 0 spiro atoms. The van der Waals surface area contributed by atoms with Crippen molar-refractivity contribution in [3.63, 3.8) is 0 Å². The Morgan fingerprint density at radius 3 is 1.28 bits per heavy atom. The van der Waals surface area contributed by atoms with E-state index in [9.17, 15) is 24.0 Å². The zero-order chi connectivity index (χ0) is 55.1. The maximum atomic E-state index is 12.9. The summed E-state index contributed by atoms with van der Waals surface area (Å²) in [5.74, 6) is 6.32. The van der Waals surface area contributed by atoms with E-state index in [-0.39, 0.29) is 41.9 Å². The summed E-state index contributed by atoms with van der Waals surface area (Å²) in [6.45, 7) is 42.5. The fourth-order valence-electron chi connectivity index (χ4n) is 12.7. The largest absolute Gasteiger partial charge is 0.444 e. The highest BCUT2D eigenvalue weighted by Crippen LogP contribution is 2.36. The van der Waals surface area contributed by atoms with Gasteiger partial charge in [0.25, 0.3) is 0 Å². The summed E-state index contributed by atoms with van der Waals surface area (Å²) >= 11 is 0. The minimum Gasteiger partial charge on any atom is -0.444 e. The molecule has 0 aliphatic carbocycles. The molecular formula is C60H108N8O6. The molecule has 0 radical (unpaired) electrons. The van der Waals surface area contributed by atoms with Gasteiger partial charge in [-0.25, -0.2) is 4.79 Å². The molecule has 74 heavy (non-hydrogen) atoms. The lowest BCUT2D eigenvalue weighted by Crippen LogP contribution is -2.51. The normalized spacial score (nSPS) is 24.4. The van der Waals surface area contributed by atoms with Gasteiger partial charge in [-0.3, -0.25) is 33.9 Å². The molecule has 7 aliphatic rings. The molecule has 0 unspecified atom stereocenters. The standard InChI is InChI=1S/C19H34N2O3.C16H30N2O.C15H25N3O.C10H19NO/c1-18(2,3)14-9-12-20(13-10-14)16(22)15-8-7-11-21(15)17(23)24-19(4,5)6;1-12(2)14-7-10-17(11-8-14)16(19)15-6-5-9-18(15)13(3)4;1-12(2)13-5-9-18(10-6-13)15(19)14-4-3-8-17(14)11-7-16;1-8(2)10-4-6-11(7-5-10)9(3)12/h14-15H,7-13H2,1-6H3;12-15H,5-11H2,1-4H3;12-14H,3-6,8-11H2,1-2H3;8,10H,4-7H2,1-3H3/t2*15-;14-;/m000./s1. The van der Waals surface area contributed by atoms with Gasteiger partial charge in [-0.1, -0.05) is 62.3 Å². The second-order valence-electron chi connectivity index (χ2n) is 26.5. The van der Waals surface area contributed by atoms with Gasteiger partial charge in [-0.2, -0.15) is 5.26 Å². The third kappa shape index (κ3) is 18.9. The van der Waals surface area contributed by atoms with E-state index in [2.05, 4.69) is 92.0 Å². The van der Waals surface area contributed by atoms with Gasteiger partial charge in [0.15, 0.2) is 0 Å². The number of ether oxygens (including phenoxy) is 1. The molecule has 0 aromatic rings. The summed E-state index contributed by atoms with van der Waals surface area (Å²) in [6, 6.07) is 2.45. The highest BCUT2D eigenvalue weighted by Gasteiger charge is 2.41. The number of carbonyl (C=O) groups excluding carboxylic acids is 5. The molecule has 0 aromatic heterocycles. The van der Waals surface area contributed by atoms with E-state index < -0.39 is 5.60 Å². The lowest BCUT2D eigenvalue weighted by atomic mass is 9.75. The van der Waals surface area contributed by atoms with Crippen molar-refractivity contribution < 1.29 is 28.7 Å². The molecule has 3 atom stereocenters. The predicted molar refractivity (Wildman–Crippen MR) is 298 cm³/mol. The lowest BCUT2D eigenvalue weighted by molar-refractivity contribution is -0.138. The van der Waals surface area contributed by atoms with Crippen LogP contribution in [0.5, 0.6) is 0 Å². The first-order chi connectivity index (χ1) is 34.7. The Balaban J connectivity index is 0.000000219. The third-order valence-corrected chi connectivity index (χ3v) is 17.9. The van der Waals surface area contributed by atoms with Crippen molar-refractivity contribution in [2.75, 3.05) is 78.5 Å². The highest BCUT2D eigenvalue weighted by molar-refractivity contribution is 5.86. The van der Waals surface area contributed by atoms with Gasteiger partial charge in [0.05, 0.1) is 24.7 Å². The van der Waals surface area contributed by atoms with E-state index in [1.54, 1.807) is 11.8 Å². The number of likely N-dealkylation sites (tertiary alicyclic amines) is 7. The summed E-state index contributed by atoms with van der Waals surface area (Å²) in [5.41, 5.74) is -0.233. The highest BCUT2D eigenvalue weighted by atomic mass is 16.6. The van der Waals surface area contributed by atoms with Crippen molar-refractivity contribution in [1.82, 2.24) is 34.3 Å². The third-order valence-electron chi connectivity index (χ3n) is 17.9. The Morgan fingerprint density at radius 1 is 0.500 bits per heavy atom. The molecule has 7 heterocycles. The molecule has 0 aromatic carbocycles. The molecule has 0 bridgehead atoms. The summed E-state index contributed by atoms with van der Waals surface area (Å²) in [4.78, 5) is 75.6. The van der Waals surface area contributed by atoms with Crippen LogP contribution in [0.15, 0.2) is 0 Å². The first kappa shape index (κ1) is 63.1. The van der Waals surface area contributed by atoms with Crippen LogP contribution in [0.1, 0.15) is 194 Å². The quantitative estimate of drug-likeness (QED) is 0.217. The second-order valence-corrected chi connectivity index (χ2v) is 26.5. The Hall–Kier alpha value is -3.44. The monoisotopic (exact) mass is 1040 g/mol. The first-order valence-electron chi connectivity index (χ1n) is 29.7. The number of nitriles is 1. The van der Waals surface area contributed by atoms with Crippen LogP contribution < -0.4 is 0 Å². The van der Waals surface area contributed by atoms with Crippen LogP contribution in [-0.2, 0) is 23.9 Å². The molecule has 424 valence electrons. The minimum absolute atomic E-state index is 0.0322. The number of hydrogen-bond donors (Lipinski definition) is 0. The maximum absolute atomic E-state index is 12.9. The summed E-state index contributed by atoms with van der Waals surface area (Å²) in [5, 5.41) is 8.82. The molecule has 7 saturated heterocycles. The molecule has 7 aliphatic heterocycles. The van der Waals surface area contributed by atoms with Crippen LogP contribution in [0, 0.1) is 58.2 Å². The van der Waals surface area contributed by atoms with Crippen LogP contribution in [0.2, 0.25) is 0 Å². The van der Waals surface area contributed by atoms with Crippen molar-refractivity contribution >= 4 is 29.7 Å². The summed E-state index contributed by atoms with van der Waals surface area (Å²) in [6.07, 6.45) is 14.6. The zero-order valence-corrected chi connectivity index (χ0v) is 49.8. The Morgan fingerprint density at radius 2 is 0.878 bits per heavy atom. The Labute approximate surface area is 451 Å². The lowest BCUT2D eigenvalue weighted by Gasteiger charge is -2.40. The first-order valence-corrected chi connectivity index (χ1v) is 29.7. The number of amides is 5. The average molecular weight is 1040 g/mol. The summed E-state index contributed by atoms with van der Waals surface area (Å²) < 4.78 is 5.47. The Bertz CT molecular complexity index is 1790. The fourth-order valence-corrected chi connectivity index (χ4v) is 12.7. The Kier molecular flexibility index (Phi) is 25.0. The van der Waals surface area contributed by atoms with Crippen molar-refractivity contribution in [2.45, 2.75) is 224 Å². The predicted octanol–water partition coefficient (Wildman–Crippen LogP) is 10.2. The van der Waals surface area contributed by atoms with Crippen molar-refractivity contribution in [3.8, 4) is 6.07 Å². The SMILES string of the molecule is CC(=O)N1CCC(C(C)C)CC1.CC(C)(C)OC(=O)N1CCC[C@H]1C(=O)N1CCC(C(C)(C)C)CC1.CC(C)C1CCN(C(=O)[C@@H]2CCCN2C(C)C)CC1.CC(C)C1CCN(C(=O)[C@@H]2CCCN2CC#N)CC1. The number of nitrogens with zero attached hydrogens (tertiary/aromatic N) is 8. The van der Waals surface area contributed by atoms with Crippen molar-refractivity contribution in [3.05, 3.63) is 0 Å². The van der Waals surface area contributed by atoms with Gasteiger partial charge in [0, 0.05) is 78.4 Å². The smallest absolute Gasteiger partial charge is 0.410 e. The zero-order valence-electron chi connectivity index (χ0n) is 49.8. The molecule has 7 fully saturated rings. The molecule has 5 amide bonds. The van der Waals surface area contributed by atoms with Crippen molar-refractivity contribution in [1.29, 1.82) is 5.26 Å². The van der Waals surface area contributed by atoms with Crippen LogP contribution in [0.25, 0.3) is 0 Å². The van der Waals surface area contributed by atoms with E-state index >= 15 is 0 Å². The van der Waals surface area contributed by atoms with Crippen LogP contribution >= 0.6 is 0 Å². The molecule has 0 saturated carbocycles. The van der Waals surface area contributed by atoms with E-state index in [1.165, 1.54) is 32.1 Å². The second kappa shape index (κ2) is 29.3. The number of carbonyl (C=O) groups is 5. The molecule has 7 rings (SSSR count). The van der Waals surface area contributed by atoms with Crippen LogP contribution in [-0.4, -0.2) is 172 Å². The maximum Gasteiger partial charge on any atom is 0.410 e. The minimum atomic E-state index is -0.529. The van der Waals surface area contributed by atoms with E-state index in [4.69, 9.17) is 10.00 Å². The van der Waals surface area contributed by atoms with Gasteiger partial charge in [0.2, 0.25) is 23.6 Å². The van der Waals surface area contributed by atoms with Gasteiger partial charge in [-0.05, 0) is 178 Å². The molecule has 0 N–H and O–H groups in total. The molecule has 14 nitrogen and oxygen atoms in total. The van der Waals surface area contributed by atoms with E-state index in [0.29, 0.717) is 36.4 Å². The number of rotatable bonds is 8. The average Bonchev–Trinajstić information content (AvgIpc) is 4.16. The van der Waals surface area contributed by atoms with E-state index in [0.717, 1.165) is 159 Å². The van der Waals surface area contributed by atoms with Gasteiger partial charge in [0.1, 0.15) is 11.6 Å². The fraction of sp³-hybridized carbons (Fsp3) is 0.900. The van der Waals surface area contributed by atoms with Crippen LogP contribution in [0.4, 0.5) is 4.79 Å². The number of piperidine rings is 4. The molecule has 14 heteroatoms. The molecular weight excluding hydrogens is 929 g/mol. The number of hydrogen-bond acceptors (Lipinski definition) is 9. The van der Waals surface area contributed by atoms with Crippen LogP contribution in [0.3, 0.4) is 0 Å². The van der Waals surface area contributed by atoms with Gasteiger partial charge < -0.3 is 24.3 Å². The topological polar surface area (TPSA) is 141 Å². The van der Waals surface area contributed by atoms with E-state index in [1.807, 2.05) is 40.4 Å². The van der Waals surface area contributed by atoms with Gasteiger partial charge in [-0.15, -0.1) is 0 Å². The van der Waals surface area contributed by atoms with Crippen molar-refractivity contribution in [2.24, 2.45) is 46.8 Å². The van der Waals surface area contributed by atoms with Gasteiger partial charge >= 0.3 is 6.09 Å². The summed E-state index contributed by atoms with van der Waals surface area (Å²) in [7, 11) is 0.